The number of halogens is 3. The molecule has 4 nitrogen and oxygen atoms in total. The van der Waals surface area contributed by atoms with Crippen LogP contribution < -0.4 is 10.5 Å². The van der Waals surface area contributed by atoms with E-state index in [0.717, 1.165) is 12.1 Å². The van der Waals surface area contributed by atoms with Gasteiger partial charge in [0, 0.05) is 12.1 Å². The number of hydrogen-bond acceptors (Lipinski definition) is 3. The largest absolute Gasteiger partial charge is 0.324 e. The Bertz CT molecular complexity index is 515. The summed E-state index contributed by atoms with van der Waals surface area (Å²) in [6.45, 7) is 3.27. The lowest BCUT2D eigenvalue weighted by Crippen LogP contribution is -2.45. The fourth-order valence-electron chi connectivity index (χ4n) is 1.01. The molecule has 1 aromatic rings. The zero-order chi connectivity index (χ0) is 13.3. The first-order chi connectivity index (χ1) is 7.62. The zero-order valence-electron chi connectivity index (χ0n) is 9.91. The highest BCUT2D eigenvalue weighted by Crippen LogP contribution is 2.13. The molecule has 0 saturated heterocycles. The lowest BCUT2D eigenvalue weighted by molar-refractivity contribution is 0.493. The Balaban J connectivity index is 0.00000289. The normalized spacial score (nSPS) is 12.1. The molecule has 0 aliphatic carbocycles. The lowest BCUT2D eigenvalue weighted by Gasteiger charge is -2.18. The van der Waals surface area contributed by atoms with Crippen molar-refractivity contribution >= 4 is 22.4 Å². The fraction of sp³-hybridized carbons (Fsp3) is 0.400. The molecule has 1 rings (SSSR count). The molecular formula is C10H15ClF2N2O2S. The molecule has 3 N–H and O–H groups in total. The summed E-state index contributed by atoms with van der Waals surface area (Å²) in [6, 6.07) is 2.38. The SMILES string of the molecule is CC(C)(N)CNS(=O)(=O)c1ccc(F)c(F)c1.Cl. The number of hydrogen-bond donors (Lipinski definition) is 2. The molecule has 1 aromatic carbocycles. The molecule has 0 saturated carbocycles. The number of benzene rings is 1. The highest BCUT2D eigenvalue weighted by molar-refractivity contribution is 7.89. The molecule has 0 aromatic heterocycles. The molecule has 0 aliphatic rings. The molecule has 104 valence electrons. The van der Waals surface area contributed by atoms with Crippen molar-refractivity contribution in [2.24, 2.45) is 5.73 Å². The summed E-state index contributed by atoms with van der Waals surface area (Å²) in [5.74, 6) is -2.30. The quantitative estimate of drug-likeness (QED) is 0.883. The maximum Gasteiger partial charge on any atom is 0.240 e. The molecule has 0 bridgehead atoms. The number of rotatable bonds is 4. The Morgan fingerprint density at radius 3 is 2.28 bits per heavy atom. The lowest BCUT2D eigenvalue weighted by atomic mass is 10.1. The standard InChI is InChI=1S/C10H14F2N2O2S.ClH/c1-10(2,13)6-14-17(15,16)7-3-4-8(11)9(12)5-7;/h3-5,14H,6,13H2,1-2H3;1H. The first-order valence-electron chi connectivity index (χ1n) is 4.85. The molecule has 0 heterocycles. The topological polar surface area (TPSA) is 72.2 Å². The van der Waals surface area contributed by atoms with Crippen molar-refractivity contribution in [2.75, 3.05) is 6.54 Å². The minimum absolute atomic E-state index is 0. The van der Waals surface area contributed by atoms with Crippen molar-refractivity contribution in [1.29, 1.82) is 0 Å². The molecule has 18 heavy (non-hydrogen) atoms. The van der Waals surface area contributed by atoms with E-state index in [0.29, 0.717) is 6.07 Å². The van der Waals surface area contributed by atoms with E-state index in [1.165, 1.54) is 0 Å². The van der Waals surface area contributed by atoms with Gasteiger partial charge in [0.15, 0.2) is 11.6 Å². The van der Waals surface area contributed by atoms with Gasteiger partial charge in [-0.15, -0.1) is 12.4 Å². The van der Waals surface area contributed by atoms with Crippen LogP contribution in [0.15, 0.2) is 23.1 Å². The average molecular weight is 301 g/mol. The third kappa shape index (κ3) is 4.85. The van der Waals surface area contributed by atoms with Crippen LogP contribution in [0.4, 0.5) is 8.78 Å². The Morgan fingerprint density at radius 2 is 1.83 bits per heavy atom. The van der Waals surface area contributed by atoms with Gasteiger partial charge in [0.2, 0.25) is 10.0 Å². The second kappa shape index (κ2) is 5.92. The van der Waals surface area contributed by atoms with Crippen LogP contribution in [-0.4, -0.2) is 20.5 Å². The van der Waals surface area contributed by atoms with Crippen molar-refractivity contribution < 1.29 is 17.2 Å². The van der Waals surface area contributed by atoms with Gasteiger partial charge in [-0.2, -0.15) is 0 Å². The van der Waals surface area contributed by atoms with Gasteiger partial charge in [-0.1, -0.05) is 0 Å². The van der Waals surface area contributed by atoms with Crippen molar-refractivity contribution in [1.82, 2.24) is 4.72 Å². The highest BCUT2D eigenvalue weighted by atomic mass is 35.5. The minimum atomic E-state index is -3.87. The summed E-state index contributed by atoms with van der Waals surface area (Å²) >= 11 is 0. The van der Waals surface area contributed by atoms with Crippen LogP contribution >= 0.6 is 12.4 Å². The summed E-state index contributed by atoms with van der Waals surface area (Å²) in [5.41, 5.74) is 4.88. The van der Waals surface area contributed by atoms with E-state index >= 15 is 0 Å². The third-order valence-corrected chi connectivity index (χ3v) is 3.32. The molecule has 0 unspecified atom stereocenters. The van der Waals surface area contributed by atoms with Crippen LogP contribution in [0.3, 0.4) is 0 Å². The Kier molecular flexibility index (Phi) is 5.67. The van der Waals surface area contributed by atoms with Gasteiger partial charge in [-0.25, -0.2) is 21.9 Å². The van der Waals surface area contributed by atoms with Gasteiger partial charge in [0.25, 0.3) is 0 Å². The Labute approximate surface area is 111 Å². The van der Waals surface area contributed by atoms with Gasteiger partial charge < -0.3 is 5.73 Å². The van der Waals surface area contributed by atoms with Crippen LogP contribution in [0.25, 0.3) is 0 Å². The van der Waals surface area contributed by atoms with Crippen LogP contribution in [0.5, 0.6) is 0 Å². The first-order valence-corrected chi connectivity index (χ1v) is 6.34. The van der Waals surface area contributed by atoms with E-state index in [-0.39, 0.29) is 23.8 Å². The Morgan fingerprint density at radius 1 is 1.28 bits per heavy atom. The van der Waals surface area contributed by atoms with Crippen LogP contribution in [0, 0.1) is 11.6 Å². The first kappa shape index (κ1) is 17.2. The second-order valence-corrected chi connectivity index (χ2v) is 6.16. The molecular weight excluding hydrogens is 286 g/mol. The van der Waals surface area contributed by atoms with E-state index in [4.69, 9.17) is 5.73 Å². The maximum absolute atomic E-state index is 12.9. The minimum Gasteiger partial charge on any atom is -0.324 e. The van der Waals surface area contributed by atoms with Crippen LogP contribution in [-0.2, 0) is 10.0 Å². The number of sulfonamides is 1. The maximum atomic E-state index is 12.9. The van der Waals surface area contributed by atoms with Gasteiger partial charge >= 0.3 is 0 Å². The summed E-state index contributed by atoms with van der Waals surface area (Å²) in [4.78, 5) is -0.333. The monoisotopic (exact) mass is 300 g/mol. The van der Waals surface area contributed by atoms with Crippen molar-refractivity contribution in [3.8, 4) is 0 Å². The molecule has 0 spiro atoms. The van der Waals surface area contributed by atoms with Gasteiger partial charge in [0.1, 0.15) is 0 Å². The predicted octanol–water partition coefficient (Wildman–Crippen LogP) is 1.40. The summed E-state index contributed by atoms with van der Waals surface area (Å²) in [5, 5.41) is 0. The number of nitrogens with one attached hydrogen (secondary N) is 1. The van der Waals surface area contributed by atoms with E-state index in [9.17, 15) is 17.2 Å². The van der Waals surface area contributed by atoms with E-state index in [1.807, 2.05) is 0 Å². The van der Waals surface area contributed by atoms with E-state index < -0.39 is 27.2 Å². The summed E-state index contributed by atoms with van der Waals surface area (Å²) in [6.07, 6.45) is 0. The van der Waals surface area contributed by atoms with Crippen LogP contribution in [0.1, 0.15) is 13.8 Å². The van der Waals surface area contributed by atoms with Gasteiger partial charge in [-0.3, -0.25) is 0 Å². The highest BCUT2D eigenvalue weighted by Gasteiger charge is 2.19. The molecule has 0 atom stereocenters. The van der Waals surface area contributed by atoms with Crippen molar-refractivity contribution in [3.05, 3.63) is 29.8 Å². The van der Waals surface area contributed by atoms with Crippen LogP contribution in [0.2, 0.25) is 0 Å². The fourth-order valence-corrected chi connectivity index (χ4v) is 2.24. The summed E-state index contributed by atoms with van der Waals surface area (Å²) in [7, 11) is -3.87. The van der Waals surface area contributed by atoms with Crippen molar-refractivity contribution in [2.45, 2.75) is 24.3 Å². The smallest absolute Gasteiger partial charge is 0.240 e. The van der Waals surface area contributed by atoms with Gasteiger partial charge in [0.05, 0.1) is 4.90 Å². The molecule has 0 fully saturated rings. The van der Waals surface area contributed by atoms with E-state index in [1.54, 1.807) is 13.8 Å². The molecule has 0 aliphatic heterocycles. The third-order valence-electron chi connectivity index (χ3n) is 1.92. The average Bonchev–Trinajstić information content (AvgIpc) is 2.18. The van der Waals surface area contributed by atoms with E-state index in [2.05, 4.69) is 4.72 Å². The van der Waals surface area contributed by atoms with Gasteiger partial charge in [-0.05, 0) is 32.0 Å². The van der Waals surface area contributed by atoms with Crippen molar-refractivity contribution in [3.63, 3.8) is 0 Å². The Hall–Kier alpha value is -0.760. The zero-order valence-corrected chi connectivity index (χ0v) is 11.5. The molecule has 8 heteroatoms. The molecule has 0 amide bonds. The molecule has 0 radical (unpaired) electrons. The number of nitrogens with two attached hydrogens (primary N) is 1. The summed E-state index contributed by atoms with van der Waals surface area (Å²) < 4.78 is 51.1. The second-order valence-electron chi connectivity index (χ2n) is 4.39. The predicted molar refractivity (Wildman–Crippen MR) is 67.1 cm³/mol.